The van der Waals surface area contributed by atoms with Crippen LogP contribution >= 0.6 is 27.7 Å². The zero-order chi connectivity index (χ0) is 18.5. The smallest absolute Gasteiger partial charge is 0.233 e. The van der Waals surface area contributed by atoms with E-state index in [0.717, 1.165) is 52.9 Å². The Labute approximate surface area is 167 Å². The third kappa shape index (κ3) is 4.57. The van der Waals surface area contributed by atoms with E-state index in [2.05, 4.69) is 39.6 Å². The molecule has 1 aromatic heterocycles. The molecule has 1 aliphatic rings. The van der Waals surface area contributed by atoms with Crippen molar-refractivity contribution in [2.75, 3.05) is 18.8 Å². The van der Waals surface area contributed by atoms with E-state index in [1.165, 1.54) is 11.8 Å². The standard InChI is InChI=1S/C19H23BrN4OS/c1-3-10-24-18(15-4-6-16(20)7-5-15)21-22-19(24)26-13-17(25)23-11-8-14(2)9-12-23/h3-7,14H,1,8-13H2,2H3. The van der Waals surface area contributed by atoms with Crippen molar-refractivity contribution < 1.29 is 4.79 Å². The summed E-state index contributed by atoms with van der Waals surface area (Å²) in [6.45, 7) is 8.42. The number of benzene rings is 1. The Morgan fingerprint density at radius 2 is 2.00 bits per heavy atom. The Kier molecular flexibility index (Phi) is 6.53. The van der Waals surface area contributed by atoms with Gasteiger partial charge in [-0.1, -0.05) is 52.8 Å². The fourth-order valence-electron chi connectivity index (χ4n) is 2.98. The van der Waals surface area contributed by atoms with Crippen LogP contribution in [-0.2, 0) is 11.3 Å². The number of piperidine rings is 1. The van der Waals surface area contributed by atoms with Gasteiger partial charge in [0.1, 0.15) is 0 Å². The molecule has 0 saturated carbocycles. The number of aromatic nitrogens is 3. The Bertz CT molecular complexity index is 766. The number of amides is 1. The molecule has 1 fully saturated rings. The maximum atomic E-state index is 12.5. The van der Waals surface area contributed by atoms with Crippen molar-refractivity contribution in [3.63, 3.8) is 0 Å². The summed E-state index contributed by atoms with van der Waals surface area (Å²) in [5, 5.41) is 9.40. The number of carbonyl (C=O) groups excluding carboxylic acids is 1. The van der Waals surface area contributed by atoms with Crippen molar-refractivity contribution in [1.29, 1.82) is 0 Å². The number of carbonyl (C=O) groups is 1. The first-order valence-electron chi connectivity index (χ1n) is 8.79. The summed E-state index contributed by atoms with van der Waals surface area (Å²) in [6.07, 6.45) is 4.01. The minimum absolute atomic E-state index is 0.181. The van der Waals surface area contributed by atoms with Gasteiger partial charge in [-0.25, -0.2) is 0 Å². The van der Waals surface area contributed by atoms with Crippen molar-refractivity contribution in [3.8, 4) is 11.4 Å². The summed E-state index contributed by atoms with van der Waals surface area (Å²) in [7, 11) is 0. The lowest BCUT2D eigenvalue weighted by atomic mass is 9.99. The van der Waals surface area contributed by atoms with E-state index in [1.807, 2.05) is 39.8 Å². The lowest BCUT2D eigenvalue weighted by Gasteiger charge is -2.30. The van der Waals surface area contributed by atoms with Gasteiger partial charge in [0.2, 0.25) is 5.91 Å². The summed E-state index contributed by atoms with van der Waals surface area (Å²) in [5.41, 5.74) is 0.991. The van der Waals surface area contributed by atoms with E-state index in [4.69, 9.17) is 0 Å². The average Bonchev–Trinajstić information content (AvgIpc) is 3.04. The zero-order valence-corrected chi connectivity index (χ0v) is 17.3. The Hall–Kier alpha value is -1.60. The van der Waals surface area contributed by atoms with Gasteiger partial charge < -0.3 is 4.90 Å². The monoisotopic (exact) mass is 434 g/mol. The van der Waals surface area contributed by atoms with Crippen LogP contribution < -0.4 is 0 Å². The number of nitrogens with zero attached hydrogens (tertiary/aromatic N) is 4. The molecule has 0 spiro atoms. The first kappa shape index (κ1) is 19.2. The van der Waals surface area contributed by atoms with Gasteiger partial charge in [-0.2, -0.15) is 0 Å². The highest BCUT2D eigenvalue weighted by Crippen LogP contribution is 2.26. The Morgan fingerprint density at radius 1 is 1.31 bits per heavy atom. The van der Waals surface area contributed by atoms with Gasteiger partial charge in [0.15, 0.2) is 11.0 Å². The molecule has 1 amide bonds. The van der Waals surface area contributed by atoms with E-state index in [-0.39, 0.29) is 5.91 Å². The zero-order valence-electron chi connectivity index (χ0n) is 14.9. The van der Waals surface area contributed by atoms with Crippen LogP contribution in [0.15, 0.2) is 46.5 Å². The molecule has 1 saturated heterocycles. The topological polar surface area (TPSA) is 51.0 Å². The number of halogens is 1. The first-order valence-corrected chi connectivity index (χ1v) is 10.6. The molecule has 0 atom stereocenters. The molecule has 2 heterocycles. The molecule has 26 heavy (non-hydrogen) atoms. The third-order valence-electron chi connectivity index (χ3n) is 4.59. The van der Waals surface area contributed by atoms with Crippen molar-refractivity contribution in [2.24, 2.45) is 5.92 Å². The second-order valence-electron chi connectivity index (χ2n) is 6.56. The quantitative estimate of drug-likeness (QED) is 0.503. The average molecular weight is 435 g/mol. The van der Waals surface area contributed by atoms with Crippen molar-refractivity contribution in [3.05, 3.63) is 41.4 Å². The molecule has 1 aliphatic heterocycles. The molecule has 1 aromatic carbocycles. The molecule has 0 unspecified atom stereocenters. The Balaban J connectivity index is 1.70. The highest BCUT2D eigenvalue weighted by molar-refractivity contribution is 9.10. The summed E-state index contributed by atoms with van der Waals surface area (Å²) >= 11 is 4.90. The van der Waals surface area contributed by atoms with Gasteiger partial charge in [0.05, 0.1) is 5.75 Å². The van der Waals surface area contributed by atoms with Gasteiger partial charge >= 0.3 is 0 Å². The maximum Gasteiger partial charge on any atom is 0.233 e. The number of thioether (sulfide) groups is 1. The predicted octanol–water partition coefficient (Wildman–Crippen LogP) is 4.24. The van der Waals surface area contributed by atoms with Gasteiger partial charge in [0.25, 0.3) is 0 Å². The third-order valence-corrected chi connectivity index (χ3v) is 6.07. The van der Waals surface area contributed by atoms with Crippen molar-refractivity contribution in [1.82, 2.24) is 19.7 Å². The molecule has 5 nitrogen and oxygen atoms in total. The molecule has 138 valence electrons. The molecule has 2 aromatic rings. The van der Waals surface area contributed by atoms with E-state index < -0.39 is 0 Å². The number of hydrogen-bond donors (Lipinski definition) is 0. The number of hydrogen-bond acceptors (Lipinski definition) is 4. The molecule has 0 aliphatic carbocycles. The van der Waals surface area contributed by atoms with Crippen LogP contribution in [-0.4, -0.2) is 44.4 Å². The van der Waals surface area contributed by atoms with Crippen LogP contribution in [0, 0.1) is 5.92 Å². The highest BCUT2D eigenvalue weighted by atomic mass is 79.9. The molecule has 0 radical (unpaired) electrons. The number of rotatable bonds is 6. The van der Waals surface area contributed by atoms with Gasteiger partial charge in [0, 0.05) is 29.7 Å². The lowest BCUT2D eigenvalue weighted by molar-refractivity contribution is -0.129. The Morgan fingerprint density at radius 3 is 2.65 bits per heavy atom. The van der Waals surface area contributed by atoms with Crippen LogP contribution in [0.25, 0.3) is 11.4 Å². The summed E-state index contributed by atoms with van der Waals surface area (Å²) in [5.74, 6) is 2.08. The van der Waals surface area contributed by atoms with Gasteiger partial charge in [-0.15, -0.1) is 16.8 Å². The molecule has 7 heteroatoms. The summed E-state index contributed by atoms with van der Waals surface area (Å²) in [4.78, 5) is 14.5. The minimum Gasteiger partial charge on any atom is -0.342 e. The second kappa shape index (κ2) is 8.86. The number of allylic oxidation sites excluding steroid dienone is 1. The van der Waals surface area contributed by atoms with Crippen LogP contribution in [0.1, 0.15) is 19.8 Å². The highest BCUT2D eigenvalue weighted by Gasteiger charge is 2.21. The van der Waals surface area contributed by atoms with Crippen molar-refractivity contribution >= 4 is 33.6 Å². The fraction of sp³-hybridized carbons (Fsp3) is 0.421. The van der Waals surface area contributed by atoms with E-state index in [9.17, 15) is 4.79 Å². The molecular weight excluding hydrogens is 412 g/mol. The molecular formula is C19H23BrN4OS. The second-order valence-corrected chi connectivity index (χ2v) is 8.42. The summed E-state index contributed by atoms with van der Waals surface area (Å²) in [6, 6.07) is 7.97. The van der Waals surface area contributed by atoms with Crippen LogP contribution in [0.3, 0.4) is 0 Å². The van der Waals surface area contributed by atoms with Gasteiger partial charge in [-0.3, -0.25) is 9.36 Å². The van der Waals surface area contributed by atoms with E-state index in [0.29, 0.717) is 12.3 Å². The molecule has 0 bridgehead atoms. The largest absolute Gasteiger partial charge is 0.342 e. The van der Waals surface area contributed by atoms with Gasteiger partial charge in [-0.05, 0) is 30.9 Å². The predicted molar refractivity (Wildman–Crippen MR) is 109 cm³/mol. The fourth-order valence-corrected chi connectivity index (χ4v) is 4.09. The molecule has 3 rings (SSSR count). The van der Waals surface area contributed by atoms with Crippen LogP contribution in [0.2, 0.25) is 0 Å². The maximum absolute atomic E-state index is 12.5. The number of likely N-dealkylation sites (tertiary alicyclic amines) is 1. The van der Waals surface area contributed by atoms with E-state index >= 15 is 0 Å². The van der Waals surface area contributed by atoms with E-state index in [1.54, 1.807) is 0 Å². The normalized spacial score (nSPS) is 15.2. The minimum atomic E-state index is 0.181. The SMILES string of the molecule is C=CCn1c(SCC(=O)N2CCC(C)CC2)nnc1-c1ccc(Br)cc1. The van der Waals surface area contributed by atoms with Crippen LogP contribution in [0.4, 0.5) is 0 Å². The lowest BCUT2D eigenvalue weighted by Crippen LogP contribution is -2.38. The summed E-state index contributed by atoms with van der Waals surface area (Å²) < 4.78 is 3.03. The van der Waals surface area contributed by atoms with Crippen LogP contribution in [0.5, 0.6) is 0 Å². The molecule has 0 N–H and O–H groups in total. The first-order chi connectivity index (χ1) is 12.6. The van der Waals surface area contributed by atoms with Crippen molar-refractivity contribution in [2.45, 2.75) is 31.5 Å².